The van der Waals surface area contributed by atoms with Gasteiger partial charge in [0.15, 0.2) is 0 Å². The van der Waals surface area contributed by atoms with E-state index in [0.717, 1.165) is 39.0 Å². The molecule has 0 aromatic heterocycles. The van der Waals surface area contributed by atoms with Gasteiger partial charge in [0.1, 0.15) is 6.23 Å². The normalized spacial score (nSPS) is 30.6. The minimum absolute atomic E-state index is 0.0624. The highest BCUT2D eigenvalue weighted by Gasteiger charge is 2.27. The molecule has 2 rings (SSSR count). The predicted molar refractivity (Wildman–Crippen MR) is 48.2 cm³/mol. The fourth-order valence-corrected chi connectivity index (χ4v) is 1.91. The molecule has 1 N–H and O–H groups in total. The first-order chi connectivity index (χ1) is 6.38. The van der Waals surface area contributed by atoms with Gasteiger partial charge in [-0.3, -0.25) is 4.79 Å². The van der Waals surface area contributed by atoms with Crippen LogP contribution in [0.2, 0.25) is 0 Å². The Balaban J connectivity index is 1.97. The Morgan fingerprint density at radius 3 is 3.15 bits per heavy atom. The van der Waals surface area contributed by atoms with E-state index in [1.807, 2.05) is 4.90 Å². The van der Waals surface area contributed by atoms with E-state index in [4.69, 9.17) is 4.74 Å². The van der Waals surface area contributed by atoms with Gasteiger partial charge in [-0.25, -0.2) is 0 Å². The monoisotopic (exact) mass is 184 g/mol. The van der Waals surface area contributed by atoms with Crippen molar-refractivity contribution in [2.75, 3.05) is 26.2 Å². The molecule has 1 atom stereocenters. The molecule has 74 valence electrons. The molecule has 2 saturated heterocycles. The van der Waals surface area contributed by atoms with E-state index in [1.54, 1.807) is 0 Å². The lowest BCUT2D eigenvalue weighted by Gasteiger charge is -2.26. The molecule has 0 saturated carbocycles. The van der Waals surface area contributed by atoms with Gasteiger partial charge in [0.05, 0.1) is 6.54 Å². The van der Waals surface area contributed by atoms with Crippen molar-refractivity contribution in [3.63, 3.8) is 0 Å². The molecule has 0 spiro atoms. The van der Waals surface area contributed by atoms with Crippen molar-refractivity contribution in [2.45, 2.75) is 25.5 Å². The Morgan fingerprint density at radius 2 is 2.38 bits per heavy atom. The van der Waals surface area contributed by atoms with E-state index in [9.17, 15) is 4.79 Å². The number of rotatable bonds is 1. The van der Waals surface area contributed by atoms with Crippen molar-refractivity contribution in [3.8, 4) is 0 Å². The summed E-state index contributed by atoms with van der Waals surface area (Å²) in [6.45, 7) is 3.06. The summed E-state index contributed by atoms with van der Waals surface area (Å²) < 4.78 is 5.50. The molecule has 1 unspecified atom stereocenters. The Bertz CT molecular complexity index is 190. The summed E-state index contributed by atoms with van der Waals surface area (Å²) in [5.74, 6) is 0.185. The SMILES string of the molecule is O=C1CNCCCN1C1CCCO1. The Morgan fingerprint density at radius 1 is 1.46 bits per heavy atom. The maximum Gasteiger partial charge on any atom is 0.238 e. The summed E-state index contributed by atoms with van der Waals surface area (Å²) in [7, 11) is 0. The zero-order valence-corrected chi connectivity index (χ0v) is 7.79. The van der Waals surface area contributed by atoms with E-state index in [1.165, 1.54) is 0 Å². The number of amides is 1. The van der Waals surface area contributed by atoms with Gasteiger partial charge in [-0.15, -0.1) is 0 Å². The average Bonchev–Trinajstić information content (AvgIpc) is 2.56. The second kappa shape index (κ2) is 4.07. The van der Waals surface area contributed by atoms with Crippen LogP contribution in [0.15, 0.2) is 0 Å². The number of hydrogen-bond donors (Lipinski definition) is 1. The van der Waals surface area contributed by atoms with Crippen LogP contribution in [0.4, 0.5) is 0 Å². The van der Waals surface area contributed by atoms with Crippen molar-refractivity contribution in [1.29, 1.82) is 0 Å². The van der Waals surface area contributed by atoms with Crippen LogP contribution < -0.4 is 5.32 Å². The largest absolute Gasteiger partial charge is 0.358 e. The Labute approximate surface area is 78.2 Å². The summed E-state index contributed by atoms with van der Waals surface area (Å²) in [6, 6.07) is 0. The Kier molecular flexibility index (Phi) is 2.80. The van der Waals surface area contributed by atoms with Gasteiger partial charge in [-0.1, -0.05) is 0 Å². The maximum atomic E-state index is 11.6. The van der Waals surface area contributed by atoms with Gasteiger partial charge < -0.3 is 15.0 Å². The number of ether oxygens (including phenoxy) is 1. The van der Waals surface area contributed by atoms with Crippen LogP contribution in [0, 0.1) is 0 Å². The van der Waals surface area contributed by atoms with Gasteiger partial charge in [-0.2, -0.15) is 0 Å². The zero-order chi connectivity index (χ0) is 9.10. The standard InChI is InChI=1S/C9H16N2O2/c12-8-7-10-4-2-5-11(8)9-3-1-6-13-9/h9-10H,1-7H2. The van der Waals surface area contributed by atoms with E-state index >= 15 is 0 Å². The molecule has 0 aromatic carbocycles. The number of hydrogen-bond acceptors (Lipinski definition) is 3. The van der Waals surface area contributed by atoms with Crippen LogP contribution in [0.5, 0.6) is 0 Å². The van der Waals surface area contributed by atoms with Crippen molar-refractivity contribution in [2.24, 2.45) is 0 Å². The lowest BCUT2D eigenvalue weighted by Crippen LogP contribution is -2.42. The maximum absolute atomic E-state index is 11.6. The second-order valence-electron chi connectivity index (χ2n) is 3.59. The number of carbonyl (C=O) groups is 1. The van der Waals surface area contributed by atoms with Gasteiger partial charge in [0.25, 0.3) is 0 Å². The first kappa shape index (κ1) is 8.97. The summed E-state index contributed by atoms with van der Waals surface area (Å²) in [5.41, 5.74) is 0. The third kappa shape index (κ3) is 2.00. The van der Waals surface area contributed by atoms with Crippen molar-refractivity contribution in [1.82, 2.24) is 10.2 Å². The molecule has 1 amide bonds. The van der Waals surface area contributed by atoms with Crippen LogP contribution in [-0.4, -0.2) is 43.3 Å². The Hall–Kier alpha value is -0.610. The van der Waals surface area contributed by atoms with E-state index in [2.05, 4.69) is 5.32 Å². The van der Waals surface area contributed by atoms with E-state index < -0.39 is 0 Å². The molecule has 13 heavy (non-hydrogen) atoms. The molecular formula is C9H16N2O2. The van der Waals surface area contributed by atoms with Gasteiger partial charge in [0, 0.05) is 13.2 Å². The van der Waals surface area contributed by atoms with Crippen LogP contribution in [-0.2, 0) is 9.53 Å². The van der Waals surface area contributed by atoms with Crippen molar-refractivity contribution in [3.05, 3.63) is 0 Å². The molecule has 0 bridgehead atoms. The third-order valence-corrected chi connectivity index (χ3v) is 2.60. The highest BCUT2D eigenvalue weighted by Crippen LogP contribution is 2.17. The smallest absolute Gasteiger partial charge is 0.238 e. The summed E-state index contributed by atoms with van der Waals surface area (Å²) >= 11 is 0. The summed E-state index contributed by atoms with van der Waals surface area (Å²) in [5, 5.41) is 3.10. The van der Waals surface area contributed by atoms with Crippen LogP contribution in [0.25, 0.3) is 0 Å². The third-order valence-electron chi connectivity index (χ3n) is 2.60. The lowest BCUT2D eigenvalue weighted by molar-refractivity contribution is -0.140. The zero-order valence-electron chi connectivity index (χ0n) is 7.79. The number of carbonyl (C=O) groups excluding carboxylic acids is 1. The molecule has 4 nitrogen and oxygen atoms in total. The highest BCUT2D eigenvalue weighted by atomic mass is 16.5. The molecule has 4 heteroatoms. The van der Waals surface area contributed by atoms with Crippen LogP contribution in [0.3, 0.4) is 0 Å². The quantitative estimate of drug-likeness (QED) is 0.621. The van der Waals surface area contributed by atoms with Gasteiger partial charge in [-0.05, 0) is 25.8 Å². The number of nitrogens with one attached hydrogen (secondary N) is 1. The van der Waals surface area contributed by atoms with E-state index in [-0.39, 0.29) is 12.1 Å². The average molecular weight is 184 g/mol. The summed E-state index contributed by atoms with van der Waals surface area (Å²) in [4.78, 5) is 13.5. The fraction of sp³-hybridized carbons (Fsp3) is 0.889. The second-order valence-corrected chi connectivity index (χ2v) is 3.59. The first-order valence-electron chi connectivity index (χ1n) is 5.00. The lowest BCUT2D eigenvalue weighted by atomic mass is 10.3. The van der Waals surface area contributed by atoms with E-state index in [0.29, 0.717) is 6.54 Å². The molecule has 2 heterocycles. The minimum Gasteiger partial charge on any atom is -0.358 e. The molecule has 2 fully saturated rings. The van der Waals surface area contributed by atoms with Gasteiger partial charge >= 0.3 is 0 Å². The van der Waals surface area contributed by atoms with Crippen molar-refractivity contribution >= 4 is 5.91 Å². The molecular weight excluding hydrogens is 168 g/mol. The molecule has 2 aliphatic rings. The molecule has 0 aliphatic carbocycles. The van der Waals surface area contributed by atoms with Crippen molar-refractivity contribution < 1.29 is 9.53 Å². The highest BCUT2D eigenvalue weighted by molar-refractivity contribution is 5.78. The number of nitrogens with zero attached hydrogens (tertiary/aromatic N) is 1. The topological polar surface area (TPSA) is 41.6 Å². The predicted octanol–water partition coefficient (Wildman–Crippen LogP) is -0.0552. The summed E-state index contributed by atoms with van der Waals surface area (Å²) in [6.07, 6.45) is 3.19. The molecule has 0 radical (unpaired) electrons. The first-order valence-corrected chi connectivity index (χ1v) is 5.00. The molecule has 0 aromatic rings. The fourth-order valence-electron chi connectivity index (χ4n) is 1.91. The van der Waals surface area contributed by atoms with Crippen LogP contribution in [0.1, 0.15) is 19.3 Å². The minimum atomic E-state index is 0.0624. The molecule has 2 aliphatic heterocycles. The van der Waals surface area contributed by atoms with Crippen LogP contribution >= 0.6 is 0 Å². The van der Waals surface area contributed by atoms with Gasteiger partial charge in [0.2, 0.25) is 5.91 Å².